The molecule has 0 aliphatic carbocycles. The number of hydrazine groups is 8. The highest BCUT2D eigenvalue weighted by atomic mass is 32.1. The lowest BCUT2D eigenvalue weighted by Crippen LogP contribution is -2.44. The summed E-state index contributed by atoms with van der Waals surface area (Å²) >= 11 is 31.5. The number of unbranched alkanes of at least 4 members (excludes halogenated alkanes) is 3. The zero-order valence-corrected chi connectivity index (χ0v) is 85.3. The van der Waals surface area contributed by atoms with E-state index in [1.165, 1.54) is 0 Å². The molecule has 126 heavy (non-hydrogen) atoms. The van der Waals surface area contributed by atoms with E-state index in [2.05, 4.69) is 230 Å². The van der Waals surface area contributed by atoms with Crippen LogP contribution in [0.5, 0.6) is 0 Å². The van der Waals surface area contributed by atoms with Crippen LogP contribution in [0.1, 0.15) is 141 Å². The number of rotatable bonds is 46. The molecule has 0 fully saturated rings. The fourth-order valence-corrected chi connectivity index (χ4v) is 8.38. The molecule has 64 heteroatoms. The molecule has 0 radical (unpaired) electrons. The zero-order valence-electron chi connectivity index (χ0n) is 68.9. The molecule has 0 spiro atoms. The maximum atomic E-state index is 11.2. The molecule has 0 heterocycles. The van der Waals surface area contributed by atoms with Gasteiger partial charge in [0, 0.05) is 152 Å². The van der Waals surface area contributed by atoms with Crippen molar-refractivity contribution in [2.75, 3.05) is 98.4 Å². The van der Waals surface area contributed by atoms with Crippen LogP contribution in [0.15, 0.2) is 0 Å². The van der Waals surface area contributed by atoms with Crippen molar-refractivity contribution in [3.63, 3.8) is 0 Å². The number of carbonyl (C=O) groups excluding carboxylic acids is 24. The summed E-state index contributed by atoms with van der Waals surface area (Å²) in [6.07, 6.45) is 8.97. The molecule has 0 aromatic carbocycles. The summed E-state index contributed by atoms with van der Waals surface area (Å²) in [4.78, 5) is 260. The van der Waals surface area contributed by atoms with Gasteiger partial charge in [-0.3, -0.25) is 202 Å². The van der Waals surface area contributed by atoms with Gasteiger partial charge in [-0.05, 0) is 142 Å². The largest absolute Gasteiger partial charge is 0.356 e. The number of hydrogen-bond donors (Lipinski definition) is 32. The first-order chi connectivity index (χ1) is 59.5. The predicted molar refractivity (Wildman–Crippen MR) is 528 cm³/mol. The third-order valence-electron chi connectivity index (χ3n) is 12.1. The van der Waals surface area contributed by atoms with Crippen LogP contribution in [0.4, 0.5) is 38.4 Å². The standard InChI is InChI=1S/C10H20N3O3PS.C9H18N3O3PS.2C8H16N3O3PS.3C7H14N3O3PS.C6H12N3O3PS/c14-8(11-6-7-18)4-2-1-3-5-9(15)12-13-10(16)17;13-7(10-5-6-17)3-1-2-4-8(14)11-12-9(15)16;12-6(2-1-5-16)9-4-3-7(13)10-11-8(14)15;12-6(9-4-5-16)2-1-3-7(13)10-11-8(14)15;11-5(2-4-15)8-3-1-6(12)9-10-7(13)14;11-5(8-3-4-15)1-2-6(12)9-10-7(13)14;11-5(2-1-3-15)8-4-6(12)9-10-7(13)14;10-4(1-2-14)7-3-5(11)8-9-6(12)13/h18H,1-7,17H2,(H,11,14)(H,12,15)(H,13,16);17H,1-6,16H2,(H,10,13)(H,11,14)(H,12,15);2*16H,1-5,15H2,(H,9,12)(H,10,13)(H,11,14);3*15H,1-4,14H2,(H,8,11)(H,9,12)(H,10,13);14H,1-3,13H2,(H,7,10)(H,8,11)(H,9,12). The van der Waals surface area contributed by atoms with Crippen LogP contribution in [0, 0.1) is 0 Å². The van der Waals surface area contributed by atoms with Crippen LogP contribution in [0.3, 0.4) is 0 Å². The second-order valence-corrected chi connectivity index (χ2v) is 30.8. The van der Waals surface area contributed by atoms with Gasteiger partial charge in [0.25, 0.3) is 57.0 Å². The minimum absolute atomic E-state index is 0.0174. The molecule has 0 bridgehead atoms. The zero-order chi connectivity index (χ0) is 97.7. The second-order valence-electron chi connectivity index (χ2n) is 23.1. The Labute approximate surface area is 793 Å². The Morgan fingerprint density at radius 2 is 0.317 bits per heavy atom. The minimum Gasteiger partial charge on any atom is -0.356 e. The molecule has 0 saturated carbocycles. The highest BCUT2D eigenvalue weighted by molar-refractivity contribution is 7.81. The van der Waals surface area contributed by atoms with E-state index in [0.29, 0.717) is 149 Å². The summed E-state index contributed by atoms with van der Waals surface area (Å²) in [6, 6.07) is 0. The van der Waals surface area contributed by atoms with Crippen molar-refractivity contribution >= 4 is 315 Å². The van der Waals surface area contributed by atoms with Crippen molar-refractivity contribution < 1.29 is 115 Å². The highest BCUT2D eigenvalue weighted by Gasteiger charge is 2.12. The van der Waals surface area contributed by atoms with Crippen molar-refractivity contribution in [3.8, 4) is 0 Å². The Morgan fingerprint density at radius 1 is 0.143 bits per heavy atom. The molecular weight excluding hydrogens is 1970 g/mol. The number of hydrogen-bond acceptors (Lipinski definition) is 32. The quantitative estimate of drug-likeness (QED) is 0.0133. The first-order valence-electron chi connectivity index (χ1n) is 37.2. The second kappa shape index (κ2) is 101. The van der Waals surface area contributed by atoms with Crippen LogP contribution in [-0.4, -0.2) is 238 Å². The minimum atomic E-state index is -0.492. The van der Waals surface area contributed by atoms with E-state index >= 15 is 0 Å². The average molecular weight is 2090 g/mol. The Bertz CT molecular complexity index is 3210. The van der Waals surface area contributed by atoms with Crippen LogP contribution < -0.4 is 129 Å². The van der Waals surface area contributed by atoms with Crippen LogP contribution in [0.2, 0.25) is 0 Å². The van der Waals surface area contributed by atoms with Gasteiger partial charge in [-0.25, -0.2) is 0 Å². The molecule has 0 aliphatic heterocycles. The van der Waals surface area contributed by atoms with E-state index in [9.17, 15) is 115 Å². The first kappa shape index (κ1) is 135. The fraction of sp³-hybridized carbons (Fsp3) is 0.613. The lowest BCUT2D eigenvalue weighted by molar-refractivity contribution is -0.126. The monoisotopic (exact) mass is 2090 g/mol. The molecule has 0 rings (SSSR count). The lowest BCUT2D eigenvalue weighted by atomic mass is 10.1. The van der Waals surface area contributed by atoms with Gasteiger partial charge in [0.15, 0.2) is 0 Å². The molecule has 24 N–H and O–H groups in total. The normalized spacial score (nSPS) is 9.33. The third kappa shape index (κ3) is 128. The van der Waals surface area contributed by atoms with Crippen LogP contribution in [0.25, 0.3) is 0 Å². The molecule has 8 unspecified atom stereocenters. The van der Waals surface area contributed by atoms with Gasteiger partial charge in [0.05, 0.1) is 13.1 Å². The fourth-order valence-electron chi connectivity index (χ4n) is 6.63. The van der Waals surface area contributed by atoms with Crippen LogP contribution >= 0.6 is 175 Å². The molecule has 24 amide bonds. The lowest BCUT2D eigenvalue weighted by Gasteiger charge is -2.06. The number of nitrogens with one attached hydrogen (secondary N) is 24. The van der Waals surface area contributed by atoms with Crippen LogP contribution in [-0.2, 0) is 76.7 Å². The number of amides is 24. The van der Waals surface area contributed by atoms with Gasteiger partial charge in [0.1, 0.15) is 0 Å². The summed E-state index contributed by atoms with van der Waals surface area (Å²) in [6.45, 7) is 2.31. The number of thiol groups is 8. The Balaban J connectivity index is -0.000000211. The van der Waals surface area contributed by atoms with Crippen molar-refractivity contribution in [2.24, 2.45) is 0 Å². The summed E-state index contributed by atoms with van der Waals surface area (Å²) in [5.41, 5.74) is 30.9. The van der Waals surface area contributed by atoms with Crippen molar-refractivity contribution in [1.29, 1.82) is 0 Å². The summed E-state index contributed by atoms with van der Waals surface area (Å²) < 4.78 is 0. The highest BCUT2D eigenvalue weighted by Crippen LogP contribution is 2.04. The Kier molecular flexibility index (Phi) is 108. The van der Waals surface area contributed by atoms with E-state index in [1.807, 2.05) is 73.9 Å². The smallest absolute Gasteiger partial charge is 0.257 e. The molecule has 724 valence electrons. The molecule has 8 atom stereocenters. The van der Waals surface area contributed by atoms with Gasteiger partial charge < -0.3 is 42.5 Å². The van der Waals surface area contributed by atoms with Gasteiger partial charge in [-0.1, -0.05) is 6.42 Å². The molecule has 0 saturated heterocycles. The molecule has 0 aromatic rings. The first-order valence-corrected chi connectivity index (χ1v) is 46.9. The molecule has 0 aromatic heterocycles. The summed E-state index contributed by atoms with van der Waals surface area (Å²) in [5, 5.41) is 20.5. The molecule has 0 aliphatic rings. The molecule has 48 nitrogen and oxygen atoms in total. The Morgan fingerprint density at radius 3 is 0.571 bits per heavy atom. The van der Waals surface area contributed by atoms with E-state index in [1.54, 1.807) is 0 Å². The van der Waals surface area contributed by atoms with E-state index in [4.69, 9.17) is 0 Å². The summed E-state index contributed by atoms with van der Waals surface area (Å²) in [5.74, 6) is 0.618. The van der Waals surface area contributed by atoms with Gasteiger partial charge in [-0.2, -0.15) is 101 Å². The topological polar surface area (TPSA) is 698 Å². The summed E-state index contributed by atoms with van der Waals surface area (Å²) in [7, 11) is 14.9. The maximum Gasteiger partial charge on any atom is 0.257 e. The third-order valence-corrected chi connectivity index (χ3v) is 15.3. The maximum absolute atomic E-state index is 11.2. The van der Waals surface area contributed by atoms with Crippen molar-refractivity contribution in [2.45, 2.75) is 141 Å². The predicted octanol–water partition coefficient (Wildman–Crippen LogP) is -2.23. The Hall–Kier alpha value is -6.48. The van der Waals surface area contributed by atoms with Gasteiger partial charge in [0.2, 0.25) is 82.7 Å². The van der Waals surface area contributed by atoms with Gasteiger partial charge >= 0.3 is 0 Å². The van der Waals surface area contributed by atoms with E-state index < -0.39 is 57.3 Å². The van der Waals surface area contributed by atoms with Crippen molar-refractivity contribution in [1.82, 2.24) is 129 Å². The van der Waals surface area contributed by atoms with E-state index in [-0.39, 0.29) is 160 Å². The molecular formula is C62H124N24O24P8S8. The SMILES string of the molecule is O=C(P)NNC(=O)CCC(=O)NCCS.O=C(P)NNC(=O)CCCC(=O)NCCS.O=C(P)NNC(=O)CCCCC(=O)NCCS.O=C(P)NNC(=O)CCCCCC(=O)NCCS.O=C(P)NNC(=O)CCNC(=O)CCCS.O=C(P)NNC(=O)CCNC(=O)CCS.O=C(P)NNC(=O)CNC(=O)CCCS.O=C(P)NNC(=O)CNC(=O)CCS. The van der Waals surface area contributed by atoms with Crippen molar-refractivity contribution in [3.05, 3.63) is 0 Å². The average Bonchev–Trinajstić information content (AvgIpc) is 1.03. The number of carbonyl (C=O) groups is 24. The van der Waals surface area contributed by atoms with Gasteiger partial charge in [-0.15, -0.1) is 0 Å². The van der Waals surface area contributed by atoms with E-state index in [0.717, 1.165) is 12.8 Å².